The molecule has 0 fully saturated rings. The highest BCUT2D eigenvalue weighted by molar-refractivity contribution is 6.32. The molecule has 0 bridgehead atoms. The average Bonchev–Trinajstić information content (AvgIpc) is 3.27. The summed E-state index contributed by atoms with van der Waals surface area (Å²) in [6, 6.07) is 16.0. The van der Waals surface area contributed by atoms with Crippen LogP contribution in [0.2, 0.25) is 5.02 Å². The molecule has 2 atom stereocenters. The van der Waals surface area contributed by atoms with Crippen molar-refractivity contribution in [1.82, 2.24) is 0 Å². The Bertz CT molecular complexity index is 1470. The van der Waals surface area contributed by atoms with E-state index in [2.05, 4.69) is 49.9 Å². The summed E-state index contributed by atoms with van der Waals surface area (Å²) in [5, 5.41) is 10.7. The minimum Gasteiger partial charge on any atom is -0.506 e. The number of phenols is 1. The lowest BCUT2D eigenvalue weighted by atomic mass is 9.74. The number of halogens is 1. The topological polar surface area (TPSA) is 68.2 Å². The Morgan fingerprint density at radius 3 is 2.67 bits per heavy atom. The van der Waals surface area contributed by atoms with E-state index in [9.17, 15) is 9.90 Å². The van der Waals surface area contributed by atoms with E-state index in [0.717, 1.165) is 40.9 Å². The van der Waals surface area contributed by atoms with Crippen LogP contribution in [0.15, 0.2) is 48.5 Å². The highest BCUT2D eigenvalue weighted by atomic mass is 35.5. The standard InChI is InChI=1S/C32H34ClNO5/c1-5-37-30(36)11-8-12-34-26-15-28-23(13-21(26)19(2)17-31(34,3)4)32(22-10-7-6-9-20(22)18-38-32)24-14-25(33)27(35)16-29(24)39-28/h6-7,9-10,13-16,19,35H,5,8,11-12,17-18H2,1-4H3. The number of carbonyl (C=O) groups excluding carboxylic acids is 1. The normalized spacial score (nSPS) is 22.0. The summed E-state index contributed by atoms with van der Waals surface area (Å²) < 4.78 is 18.4. The van der Waals surface area contributed by atoms with Crippen LogP contribution in [0, 0.1) is 0 Å². The maximum atomic E-state index is 12.0. The molecule has 3 aromatic carbocycles. The van der Waals surface area contributed by atoms with Crippen LogP contribution in [0.5, 0.6) is 17.2 Å². The van der Waals surface area contributed by atoms with Crippen LogP contribution in [-0.2, 0) is 26.5 Å². The lowest BCUT2D eigenvalue weighted by Gasteiger charge is -2.49. The Balaban J connectivity index is 1.50. The second kappa shape index (κ2) is 9.46. The molecule has 0 amide bonds. The van der Waals surface area contributed by atoms with E-state index in [0.29, 0.717) is 43.5 Å². The van der Waals surface area contributed by atoms with Gasteiger partial charge >= 0.3 is 5.97 Å². The van der Waals surface area contributed by atoms with E-state index in [-0.39, 0.29) is 22.3 Å². The number of phenolic OH excluding ortho intramolecular Hbond substituents is 1. The van der Waals surface area contributed by atoms with Crippen molar-refractivity contribution in [2.24, 2.45) is 0 Å². The highest BCUT2D eigenvalue weighted by Crippen LogP contribution is 2.59. The number of fused-ring (bicyclic) bond motifs is 7. The van der Waals surface area contributed by atoms with Crippen LogP contribution in [0.3, 0.4) is 0 Å². The lowest BCUT2D eigenvalue weighted by molar-refractivity contribution is -0.143. The summed E-state index contributed by atoms with van der Waals surface area (Å²) in [5.74, 6) is 1.33. The molecule has 39 heavy (non-hydrogen) atoms. The smallest absolute Gasteiger partial charge is 0.305 e. The zero-order valence-corrected chi connectivity index (χ0v) is 23.6. The van der Waals surface area contributed by atoms with Gasteiger partial charge in [0.1, 0.15) is 17.2 Å². The molecule has 3 aliphatic heterocycles. The number of ether oxygens (including phenoxy) is 3. The van der Waals surface area contributed by atoms with Crippen molar-refractivity contribution in [3.63, 3.8) is 0 Å². The molecule has 3 aliphatic rings. The van der Waals surface area contributed by atoms with E-state index >= 15 is 0 Å². The molecule has 204 valence electrons. The van der Waals surface area contributed by atoms with Gasteiger partial charge in [0, 0.05) is 47.5 Å². The third-order valence-corrected chi connectivity index (χ3v) is 8.73. The molecule has 0 aromatic heterocycles. The first-order chi connectivity index (χ1) is 18.7. The molecule has 2 unspecified atom stereocenters. The zero-order chi connectivity index (χ0) is 27.5. The van der Waals surface area contributed by atoms with Gasteiger partial charge in [-0.05, 0) is 68.4 Å². The molecule has 1 spiro atoms. The SMILES string of the molecule is CCOC(=O)CCCN1c2cc3c(cc2C(C)CC1(C)C)C1(OCc2ccccc21)c1cc(Cl)c(O)cc1O3. The number of aromatic hydroxyl groups is 1. The van der Waals surface area contributed by atoms with Crippen molar-refractivity contribution in [3.8, 4) is 17.2 Å². The molecule has 1 N–H and O–H groups in total. The molecular formula is C32H34ClNO5. The fourth-order valence-corrected chi connectivity index (χ4v) is 6.94. The van der Waals surface area contributed by atoms with Crippen molar-refractivity contribution in [1.29, 1.82) is 0 Å². The Morgan fingerprint density at radius 2 is 1.87 bits per heavy atom. The van der Waals surface area contributed by atoms with Gasteiger partial charge in [-0.25, -0.2) is 0 Å². The number of anilines is 1. The number of hydrogen-bond acceptors (Lipinski definition) is 6. The summed E-state index contributed by atoms with van der Waals surface area (Å²) in [6.45, 7) is 10.2. The van der Waals surface area contributed by atoms with Crippen LogP contribution >= 0.6 is 11.6 Å². The van der Waals surface area contributed by atoms with E-state index in [1.807, 2.05) is 19.1 Å². The number of benzene rings is 3. The van der Waals surface area contributed by atoms with Crippen molar-refractivity contribution in [2.45, 2.75) is 70.6 Å². The Kier molecular flexibility index (Phi) is 6.31. The molecule has 0 saturated carbocycles. The van der Waals surface area contributed by atoms with Crippen LogP contribution in [0.1, 0.15) is 80.7 Å². The van der Waals surface area contributed by atoms with Gasteiger partial charge in [-0.15, -0.1) is 0 Å². The van der Waals surface area contributed by atoms with Crippen LogP contribution in [0.25, 0.3) is 0 Å². The van der Waals surface area contributed by atoms with Gasteiger partial charge < -0.3 is 24.2 Å². The van der Waals surface area contributed by atoms with Crippen LogP contribution < -0.4 is 9.64 Å². The first-order valence-electron chi connectivity index (χ1n) is 13.7. The molecule has 3 heterocycles. The number of hydrogen-bond donors (Lipinski definition) is 1. The summed E-state index contributed by atoms with van der Waals surface area (Å²) in [7, 11) is 0. The first-order valence-corrected chi connectivity index (χ1v) is 14.1. The van der Waals surface area contributed by atoms with Gasteiger partial charge in [0.25, 0.3) is 0 Å². The van der Waals surface area contributed by atoms with E-state index in [1.54, 1.807) is 12.1 Å². The van der Waals surface area contributed by atoms with Crippen molar-refractivity contribution >= 4 is 23.3 Å². The molecule has 3 aromatic rings. The molecular weight excluding hydrogens is 514 g/mol. The van der Waals surface area contributed by atoms with Gasteiger partial charge in [0.2, 0.25) is 0 Å². The minimum atomic E-state index is -0.896. The summed E-state index contributed by atoms with van der Waals surface area (Å²) in [6.07, 6.45) is 2.05. The maximum absolute atomic E-state index is 12.0. The van der Waals surface area contributed by atoms with Crippen molar-refractivity contribution < 1.29 is 24.1 Å². The fourth-order valence-electron chi connectivity index (χ4n) is 6.77. The summed E-state index contributed by atoms with van der Waals surface area (Å²) >= 11 is 6.44. The molecule has 6 nitrogen and oxygen atoms in total. The third kappa shape index (κ3) is 4.07. The quantitative estimate of drug-likeness (QED) is 0.335. The van der Waals surface area contributed by atoms with Gasteiger partial charge in [-0.2, -0.15) is 0 Å². The van der Waals surface area contributed by atoms with Crippen LogP contribution in [0.4, 0.5) is 5.69 Å². The predicted octanol–water partition coefficient (Wildman–Crippen LogP) is 7.41. The highest BCUT2D eigenvalue weighted by Gasteiger charge is 2.51. The van der Waals surface area contributed by atoms with Gasteiger partial charge in [-0.3, -0.25) is 4.79 Å². The molecule has 7 heteroatoms. The second-order valence-corrected chi connectivity index (χ2v) is 11.8. The molecule has 0 radical (unpaired) electrons. The predicted molar refractivity (Wildman–Crippen MR) is 151 cm³/mol. The number of carbonyl (C=O) groups is 1. The van der Waals surface area contributed by atoms with Crippen molar-refractivity contribution in [2.75, 3.05) is 18.1 Å². The molecule has 0 saturated heterocycles. The first kappa shape index (κ1) is 26.0. The third-order valence-electron chi connectivity index (χ3n) is 8.42. The summed E-state index contributed by atoms with van der Waals surface area (Å²) in [4.78, 5) is 14.4. The average molecular weight is 548 g/mol. The zero-order valence-electron chi connectivity index (χ0n) is 22.8. The lowest BCUT2D eigenvalue weighted by Crippen LogP contribution is -2.49. The fraction of sp³-hybridized carbons (Fsp3) is 0.406. The number of esters is 1. The summed E-state index contributed by atoms with van der Waals surface area (Å²) in [5.41, 5.74) is 5.24. The second-order valence-electron chi connectivity index (χ2n) is 11.4. The minimum absolute atomic E-state index is 0.0337. The Labute approximate surface area is 234 Å². The van der Waals surface area contributed by atoms with Gasteiger partial charge in [0.15, 0.2) is 5.60 Å². The van der Waals surface area contributed by atoms with Gasteiger partial charge in [0.05, 0.1) is 18.2 Å². The largest absolute Gasteiger partial charge is 0.506 e. The van der Waals surface area contributed by atoms with Gasteiger partial charge in [-0.1, -0.05) is 42.8 Å². The van der Waals surface area contributed by atoms with E-state index in [4.69, 9.17) is 25.8 Å². The van der Waals surface area contributed by atoms with Crippen molar-refractivity contribution in [3.05, 3.63) is 81.4 Å². The monoisotopic (exact) mass is 547 g/mol. The molecule has 0 aliphatic carbocycles. The van der Waals surface area contributed by atoms with E-state index < -0.39 is 5.60 Å². The number of rotatable bonds is 5. The van der Waals surface area contributed by atoms with Crippen LogP contribution in [-0.4, -0.2) is 29.8 Å². The Hall–Kier alpha value is -3.22. The maximum Gasteiger partial charge on any atom is 0.305 e. The Morgan fingerprint density at radius 1 is 1.13 bits per heavy atom. The number of nitrogens with zero attached hydrogens (tertiary/aromatic N) is 1. The molecule has 6 rings (SSSR count). The van der Waals surface area contributed by atoms with E-state index in [1.165, 1.54) is 5.56 Å².